The highest BCUT2D eigenvalue weighted by Gasteiger charge is 2.42. The SMILES string of the molecule is Cc1nc(N2CCCC2C(=O)O)nc(C)c1C(=O)N1CC2CN(CCC(NC(=O)C3CCCC3)c3ccccc3)CC2C1. The zero-order chi connectivity index (χ0) is 30.1. The third kappa shape index (κ3) is 6.25. The molecule has 3 saturated heterocycles. The summed E-state index contributed by atoms with van der Waals surface area (Å²) >= 11 is 0. The monoisotopic (exact) mass is 588 g/mol. The molecule has 2 amide bonds. The second-order valence-corrected chi connectivity index (χ2v) is 13.0. The van der Waals surface area contributed by atoms with Crippen molar-refractivity contribution in [1.29, 1.82) is 0 Å². The first-order valence-electron chi connectivity index (χ1n) is 16.0. The number of carboxylic acids is 1. The van der Waals surface area contributed by atoms with Crippen molar-refractivity contribution >= 4 is 23.7 Å². The molecule has 4 aliphatic rings. The summed E-state index contributed by atoms with van der Waals surface area (Å²) in [5.41, 5.74) is 2.91. The van der Waals surface area contributed by atoms with Gasteiger partial charge < -0.3 is 25.1 Å². The van der Waals surface area contributed by atoms with Gasteiger partial charge >= 0.3 is 5.97 Å². The Bertz CT molecular complexity index is 1310. The predicted molar refractivity (Wildman–Crippen MR) is 163 cm³/mol. The predicted octanol–water partition coefficient (Wildman–Crippen LogP) is 3.59. The second-order valence-electron chi connectivity index (χ2n) is 13.0. The highest BCUT2D eigenvalue weighted by molar-refractivity contribution is 5.96. The van der Waals surface area contributed by atoms with Crippen LogP contribution in [0.4, 0.5) is 5.95 Å². The number of amides is 2. The second kappa shape index (κ2) is 12.6. The minimum absolute atomic E-state index is 0.00748. The van der Waals surface area contributed by atoms with Gasteiger partial charge in [-0.2, -0.15) is 0 Å². The molecule has 3 aliphatic heterocycles. The third-order valence-electron chi connectivity index (χ3n) is 10.1. The molecular weight excluding hydrogens is 544 g/mol. The molecule has 0 spiro atoms. The van der Waals surface area contributed by atoms with E-state index in [4.69, 9.17) is 0 Å². The van der Waals surface area contributed by atoms with E-state index >= 15 is 0 Å². The van der Waals surface area contributed by atoms with Gasteiger partial charge in [0.25, 0.3) is 5.91 Å². The highest BCUT2D eigenvalue weighted by atomic mass is 16.4. The van der Waals surface area contributed by atoms with Crippen molar-refractivity contribution in [3.63, 3.8) is 0 Å². The number of fused-ring (bicyclic) bond motifs is 1. The molecule has 10 heteroatoms. The van der Waals surface area contributed by atoms with Crippen molar-refractivity contribution in [2.75, 3.05) is 44.2 Å². The Morgan fingerprint density at radius 3 is 2.21 bits per heavy atom. The Hall–Kier alpha value is -3.53. The molecule has 4 heterocycles. The van der Waals surface area contributed by atoms with Crippen LogP contribution in [0.5, 0.6) is 0 Å². The molecule has 1 saturated carbocycles. The summed E-state index contributed by atoms with van der Waals surface area (Å²) in [4.78, 5) is 53.7. The molecule has 2 N–H and O–H groups in total. The van der Waals surface area contributed by atoms with Gasteiger partial charge in [-0.05, 0) is 63.4 Å². The normalized spacial score (nSPS) is 24.8. The molecule has 4 fully saturated rings. The first-order valence-corrected chi connectivity index (χ1v) is 16.0. The number of anilines is 1. The number of nitrogens with one attached hydrogen (secondary N) is 1. The van der Waals surface area contributed by atoms with Crippen LogP contribution in [0.15, 0.2) is 30.3 Å². The number of likely N-dealkylation sites (tertiary alicyclic amines) is 2. The van der Waals surface area contributed by atoms with Crippen LogP contribution in [0.3, 0.4) is 0 Å². The van der Waals surface area contributed by atoms with Crippen LogP contribution in [0, 0.1) is 31.6 Å². The Labute approximate surface area is 253 Å². The van der Waals surface area contributed by atoms with Crippen molar-refractivity contribution in [2.45, 2.75) is 70.9 Å². The molecular formula is C33H44N6O4. The Morgan fingerprint density at radius 2 is 1.58 bits per heavy atom. The number of carbonyl (C=O) groups is 3. The number of carboxylic acid groups (broad SMARTS) is 1. The number of aryl methyl sites for hydroxylation is 2. The van der Waals surface area contributed by atoms with Gasteiger partial charge in [0.15, 0.2) is 0 Å². The number of nitrogens with zero attached hydrogens (tertiary/aromatic N) is 5. The standard InChI is InChI=1S/C33H44N6O4/c1-21-29(22(2)35-33(34-21)39-15-8-13-28(39)32(42)43)31(41)38-19-25-17-37(18-26(25)20-38)16-14-27(23-9-4-3-5-10-23)36-30(40)24-11-6-7-12-24/h3-5,9-10,24-28H,6-8,11-20H2,1-2H3,(H,36,40)(H,42,43). The van der Waals surface area contributed by atoms with Gasteiger partial charge in [0, 0.05) is 45.2 Å². The zero-order valence-corrected chi connectivity index (χ0v) is 25.4. The summed E-state index contributed by atoms with van der Waals surface area (Å²) in [5, 5.41) is 12.9. The van der Waals surface area contributed by atoms with E-state index in [0.29, 0.717) is 60.8 Å². The molecule has 1 aromatic carbocycles. The first kappa shape index (κ1) is 29.5. The lowest BCUT2D eigenvalue weighted by Gasteiger charge is -2.26. The molecule has 230 valence electrons. The van der Waals surface area contributed by atoms with E-state index in [0.717, 1.165) is 63.7 Å². The molecule has 4 atom stereocenters. The van der Waals surface area contributed by atoms with Crippen molar-refractivity contribution in [3.05, 3.63) is 52.8 Å². The number of hydrogen-bond donors (Lipinski definition) is 2. The van der Waals surface area contributed by atoms with E-state index in [9.17, 15) is 19.5 Å². The Morgan fingerprint density at radius 1 is 0.930 bits per heavy atom. The zero-order valence-electron chi connectivity index (χ0n) is 25.4. The van der Waals surface area contributed by atoms with Crippen LogP contribution in [-0.4, -0.2) is 88.0 Å². The number of aliphatic carboxylic acids is 1. The first-order chi connectivity index (χ1) is 20.8. The quantitative estimate of drug-likeness (QED) is 0.456. The molecule has 0 radical (unpaired) electrons. The van der Waals surface area contributed by atoms with Gasteiger partial charge in [-0.3, -0.25) is 9.59 Å². The van der Waals surface area contributed by atoms with Crippen molar-refractivity contribution in [2.24, 2.45) is 17.8 Å². The van der Waals surface area contributed by atoms with E-state index < -0.39 is 12.0 Å². The number of carbonyl (C=O) groups excluding carboxylic acids is 2. The largest absolute Gasteiger partial charge is 0.480 e. The summed E-state index contributed by atoms with van der Waals surface area (Å²) in [6, 6.07) is 9.70. The fraction of sp³-hybridized carbons (Fsp3) is 0.606. The van der Waals surface area contributed by atoms with Crippen LogP contribution in [0.25, 0.3) is 0 Å². The molecule has 2 aromatic rings. The van der Waals surface area contributed by atoms with Gasteiger partial charge in [0.05, 0.1) is 23.0 Å². The molecule has 4 unspecified atom stereocenters. The molecule has 0 bridgehead atoms. The average molecular weight is 589 g/mol. The van der Waals surface area contributed by atoms with E-state index in [2.05, 4.69) is 32.3 Å². The highest BCUT2D eigenvalue weighted by Crippen LogP contribution is 2.34. The molecule has 6 rings (SSSR count). The van der Waals surface area contributed by atoms with Crippen LogP contribution in [0.2, 0.25) is 0 Å². The summed E-state index contributed by atoms with van der Waals surface area (Å²) in [5.74, 6) is 0.706. The topological polar surface area (TPSA) is 119 Å². The average Bonchev–Trinajstić information content (AvgIpc) is 3.79. The van der Waals surface area contributed by atoms with Crippen LogP contribution in [-0.2, 0) is 9.59 Å². The summed E-state index contributed by atoms with van der Waals surface area (Å²) < 4.78 is 0. The lowest BCUT2D eigenvalue weighted by atomic mass is 10.0. The van der Waals surface area contributed by atoms with E-state index in [1.165, 1.54) is 0 Å². The minimum atomic E-state index is -0.862. The molecule has 1 aromatic heterocycles. The van der Waals surface area contributed by atoms with Crippen molar-refractivity contribution in [1.82, 2.24) is 25.1 Å². The number of benzene rings is 1. The van der Waals surface area contributed by atoms with Gasteiger partial charge in [0.2, 0.25) is 11.9 Å². The summed E-state index contributed by atoms with van der Waals surface area (Å²) in [7, 11) is 0. The van der Waals surface area contributed by atoms with Crippen LogP contribution >= 0.6 is 0 Å². The van der Waals surface area contributed by atoms with Crippen LogP contribution < -0.4 is 10.2 Å². The Kier molecular flexibility index (Phi) is 8.66. The number of hydrogen-bond acceptors (Lipinski definition) is 7. The number of aromatic nitrogens is 2. The maximum atomic E-state index is 13.7. The number of rotatable bonds is 9. The summed E-state index contributed by atoms with van der Waals surface area (Å²) in [6.45, 7) is 8.50. The van der Waals surface area contributed by atoms with Crippen LogP contribution in [0.1, 0.15) is 78.3 Å². The fourth-order valence-electron chi connectivity index (χ4n) is 7.79. The van der Waals surface area contributed by atoms with E-state index in [-0.39, 0.29) is 23.8 Å². The van der Waals surface area contributed by atoms with Gasteiger partial charge in [-0.15, -0.1) is 0 Å². The van der Waals surface area contributed by atoms with E-state index in [1.807, 2.05) is 36.9 Å². The maximum absolute atomic E-state index is 13.7. The van der Waals surface area contributed by atoms with Gasteiger partial charge in [-0.25, -0.2) is 14.8 Å². The van der Waals surface area contributed by atoms with Crippen molar-refractivity contribution < 1.29 is 19.5 Å². The lowest BCUT2D eigenvalue weighted by Crippen LogP contribution is -2.38. The smallest absolute Gasteiger partial charge is 0.326 e. The van der Waals surface area contributed by atoms with Gasteiger partial charge in [-0.1, -0.05) is 43.2 Å². The molecule has 10 nitrogen and oxygen atoms in total. The third-order valence-corrected chi connectivity index (χ3v) is 10.1. The summed E-state index contributed by atoms with van der Waals surface area (Å²) in [6.07, 6.45) is 6.52. The lowest BCUT2D eigenvalue weighted by molar-refractivity contribution is -0.138. The van der Waals surface area contributed by atoms with E-state index in [1.54, 1.807) is 4.90 Å². The maximum Gasteiger partial charge on any atom is 0.326 e. The van der Waals surface area contributed by atoms with Crippen molar-refractivity contribution in [3.8, 4) is 0 Å². The molecule has 43 heavy (non-hydrogen) atoms. The van der Waals surface area contributed by atoms with Gasteiger partial charge in [0.1, 0.15) is 6.04 Å². The Balaban J connectivity index is 1.05. The fourth-order valence-corrected chi connectivity index (χ4v) is 7.79. The minimum Gasteiger partial charge on any atom is -0.480 e. The molecule has 1 aliphatic carbocycles.